The zero-order valence-electron chi connectivity index (χ0n) is 19.5. The van der Waals surface area contributed by atoms with Crippen LogP contribution in [0, 0.1) is 11.8 Å². The molecule has 178 valence electrons. The summed E-state index contributed by atoms with van der Waals surface area (Å²) in [5, 5.41) is 7.69. The van der Waals surface area contributed by atoms with Crippen LogP contribution in [-0.4, -0.2) is 49.6 Å². The van der Waals surface area contributed by atoms with Crippen molar-refractivity contribution in [2.24, 2.45) is 11.8 Å². The zero-order chi connectivity index (χ0) is 24.1. The first-order valence-corrected chi connectivity index (χ1v) is 10.8. The summed E-state index contributed by atoms with van der Waals surface area (Å²) in [5.74, 6) is -1.59. The molecule has 0 heterocycles. The minimum atomic E-state index is -0.867. The summed E-state index contributed by atoms with van der Waals surface area (Å²) in [6.45, 7) is 7.30. The Hall–Kier alpha value is -3.10. The SMILES string of the molecule is CC[C@H](C)[C@H](NC(=O)CNC(=O)OCc1ccccc1)C(=O)N[C@@H](CC(C)C)C(=O)OC. The topological polar surface area (TPSA) is 123 Å². The van der Waals surface area contributed by atoms with Crippen LogP contribution in [0.5, 0.6) is 0 Å². The second-order valence-corrected chi connectivity index (χ2v) is 8.06. The number of ether oxygens (including phenoxy) is 2. The van der Waals surface area contributed by atoms with Crippen LogP contribution in [0.15, 0.2) is 30.3 Å². The van der Waals surface area contributed by atoms with E-state index in [1.165, 1.54) is 7.11 Å². The fourth-order valence-corrected chi connectivity index (χ4v) is 2.94. The molecule has 0 saturated heterocycles. The molecule has 9 heteroatoms. The second-order valence-electron chi connectivity index (χ2n) is 8.06. The average Bonchev–Trinajstić information content (AvgIpc) is 2.78. The molecular formula is C23H35N3O6. The second kappa shape index (κ2) is 14.1. The molecule has 3 amide bonds. The Morgan fingerprint density at radius 1 is 1.00 bits per heavy atom. The lowest BCUT2D eigenvalue weighted by molar-refractivity contribution is -0.146. The van der Waals surface area contributed by atoms with E-state index in [2.05, 4.69) is 16.0 Å². The van der Waals surface area contributed by atoms with Crippen molar-refractivity contribution in [3.05, 3.63) is 35.9 Å². The van der Waals surface area contributed by atoms with Crippen molar-refractivity contribution in [3.8, 4) is 0 Å². The third-order valence-electron chi connectivity index (χ3n) is 4.93. The van der Waals surface area contributed by atoms with E-state index in [4.69, 9.17) is 9.47 Å². The Balaban J connectivity index is 2.63. The standard InChI is InChI=1S/C23H35N3O6/c1-6-16(4)20(21(28)25-18(12-15(2)3)22(29)31-5)26-19(27)13-24-23(30)32-14-17-10-8-7-9-11-17/h7-11,15-16,18,20H,6,12-14H2,1-5H3,(H,24,30)(H,25,28)(H,26,27)/t16-,18-,20-/m0/s1. The minimum absolute atomic E-state index is 0.0803. The van der Waals surface area contributed by atoms with Crippen LogP contribution in [0.1, 0.15) is 46.1 Å². The van der Waals surface area contributed by atoms with E-state index in [1.807, 2.05) is 58.0 Å². The molecule has 0 saturated carbocycles. The van der Waals surface area contributed by atoms with E-state index in [0.29, 0.717) is 12.8 Å². The number of methoxy groups -OCH3 is 1. The molecule has 1 rings (SSSR count). The molecule has 9 nitrogen and oxygen atoms in total. The molecule has 0 radical (unpaired) electrons. The molecule has 32 heavy (non-hydrogen) atoms. The molecule has 0 aliphatic heterocycles. The van der Waals surface area contributed by atoms with Gasteiger partial charge in [0.1, 0.15) is 25.2 Å². The van der Waals surface area contributed by atoms with Gasteiger partial charge in [-0.15, -0.1) is 0 Å². The lowest BCUT2D eigenvalue weighted by Crippen LogP contribution is -2.55. The van der Waals surface area contributed by atoms with Gasteiger partial charge < -0.3 is 25.4 Å². The number of rotatable bonds is 12. The Morgan fingerprint density at radius 2 is 1.66 bits per heavy atom. The van der Waals surface area contributed by atoms with E-state index in [1.54, 1.807) is 0 Å². The molecule has 1 aromatic rings. The van der Waals surface area contributed by atoms with E-state index in [0.717, 1.165) is 5.56 Å². The van der Waals surface area contributed by atoms with Crippen LogP contribution in [-0.2, 0) is 30.5 Å². The monoisotopic (exact) mass is 449 g/mol. The van der Waals surface area contributed by atoms with Crippen LogP contribution >= 0.6 is 0 Å². The lowest BCUT2D eigenvalue weighted by atomic mass is 9.97. The first kappa shape index (κ1) is 26.9. The van der Waals surface area contributed by atoms with Crippen LogP contribution in [0.25, 0.3) is 0 Å². The zero-order valence-corrected chi connectivity index (χ0v) is 19.5. The number of hydrogen-bond donors (Lipinski definition) is 3. The molecule has 0 spiro atoms. The van der Waals surface area contributed by atoms with Crippen molar-refractivity contribution in [1.29, 1.82) is 0 Å². The number of esters is 1. The quantitative estimate of drug-likeness (QED) is 0.420. The van der Waals surface area contributed by atoms with E-state index in [-0.39, 0.29) is 25.0 Å². The number of alkyl carbamates (subject to hydrolysis) is 1. The van der Waals surface area contributed by atoms with Crippen LogP contribution in [0.3, 0.4) is 0 Å². The van der Waals surface area contributed by atoms with Crippen molar-refractivity contribution < 1.29 is 28.7 Å². The van der Waals surface area contributed by atoms with Gasteiger partial charge in [0.05, 0.1) is 7.11 Å². The summed E-state index contributed by atoms with van der Waals surface area (Å²) < 4.78 is 9.85. The maximum Gasteiger partial charge on any atom is 0.407 e. The van der Waals surface area contributed by atoms with Gasteiger partial charge in [-0.25, -0.2) is 9.59 Å². The van der Waals surface area contributed by atoms with Gasteiger partial charge in [0.2, 0.25) is 11.8 Å². The fraction of sp³-hybridized carbons (Fsp3) is 0.565. The minimum Gasteiger partial charge on any atom is -0.467 e. The summed E-state index contributed by atoms with van der Waals surface area (Å²) in [6, 6.07) is 7.47. The first-order chi connectivity index (χ1) is 15.2. The fourth-order valence-electron chi connectivity index (χ4n) is 2.94. The highest BCUT2D eigenvalue weighted by Crippen LogP contribution is 2.11. The predicted octanol–water partition coefficient (Wildman–Crippen LogP) is 2.15. The van der Waals surface area contributed by atoms with Gasteiger partial charge in [-0.1, -0.05) is 64.4 Å². The number of nitrogens with one attached hydrogen (secondary N) is 3. The van der Waals surface area contributed by atoms with Crippen molar-refractivity contribution in [3.63, 3.8) is 0 Å². The number of carbonyl (C=O) groups is 4. The van der Waals surface area contributed by atoms with E-state index < -0.39 is 36.0 Å². The van der Waals surface area contributed by atoms with Crippen LogP contribution in [0.4, 0.5) is 4.79 Å². The summed E-state index contributed by atoms with van der Waals surface area (Å²) in [7, 11) is 1.26. The molecule has 0 aliphatic carbocycles. The molecule has 0 aromatic heterocycles. The summed E-state index contributed by atoms with van der Waals surface area (Å²) >= 11 is 0. The Bertz CT molecular complexity index is 753. The molecule has 0 unspecified atom stereocenters. The molecule has 3 N–H and O–H groups in total. The van der Waals surface area contributed by atoms with Gasteiger partial charge in [0.25, 0.3) is 0 Å². The number of carbonyl (C=O) groups excluding carboxylic acids is 4. The summed E-state index contributed by atoms with van der Waals surface area (Å²) in [4.78, 5) is 49.1. The highest BCUT2D eigenvalue weighted by molar-refractivity contribution is 5.92. The number of hydrogen-bond acceptors (Lipinski definition) is 6. The Labute approximate surface area is 189 Å². The lowest BCUT2D eigenvalue weighted by Gasteiger charge is -2.26. The van der Waals surface area contributed by atoms with Crippen LogP contribution < -0.4 is 16.0 Å². The van der Waals surface area contributed by atoms with Crippen molar-refractivity contribution in [2.75, 3.05) is 13.7 Å². The maximum atomic E-state index is 12.8. The number of benzene rings is 1. The largest absolute Gasteiger partial charge is 0.467 e. The van der Waals surface area contributed by atoms with Crippen LogP contribution in [0.2, 0.25) is 0 Å². The van der Waals surface area contributed by atoms with Gasteiger partial charge in [-0.05, 0) is 23.8 Å². The maximum absolute atomic E-state index is 12.8. The average molecular weight is 450 g/mol. The summed E-state index contributed by atoms with van der Waals surface area (Å²) in [5.41, 5.74) is 0.821. The highest BCUT2D eigenvalue weighted by Gasteiger charge is 2.30. The molecule has 3 atom stereocenters. The predicted molar refractivity (Wildman–Crippen MR) is 119 cm³/mol. The van der Waals surface area contributed by atoms with Gasteiger partial charge in [-0.3, -0.25) is 9.59 Å². The van der Waals surface area contributed by atoms with Crippen molar-refractivity contribution in [1.82, 2.24) is 16.0 Å². The van der Waals surface area contributed by atoms with Crippen molar-refractivity contribution in [2.45, 2.75) is 59.2 Å². The summed E-state index contributed by atoms with van der Waals surface area (Å²) in [6.07, 6.45) is 0.295. The van der Waals surface area contributed by atoms with Crippen molar-refractivity contribution >= 4 is 23.9 Å². The molecule has 1 aromatic carbocycles. The molecular weight excluding hydrogens is 414 g/mol. The third kappa shape index (κ3) is 9.80. The molecule has 0 bridgehead atoms. The number of amides is 3. The first-order valence-electron chi connectivity index (χ1n) is 10.8. The Kier molecular flexibility index (Phi) is 11.8. The van der Waals surface area contributed by atoms with Gasteiger partial charge >= 0.3 is 12.1 Å². The van der Waals surface area contributed by atoms with Gasteiger partial charge in [0.15, 0.2) is 0 Å². The highest BCUT2D eigenvalue weighted by atomic mass is 16.5. The normalized spacial score (nSPS) is 13.4. The van der Waals surface area contributed by atoms with Gasteiger partial charge in [0, 0.05) is 0 Å². The Morgan fingerprint density at radius 3 is 2.22 bits per heavy atom. The van der Waals surface area contributed by atoms with Gasteiger partial charge in [-0.2, -0.15) is 0 Å². The smallest absolute Gasteiger partial charge is 0.407 e. The van der Waals surface area contributed by atoms with E-state index >= 15 is 0 Å². The molecule has 0 aliphatic rings. The molecule has 0 fully saturated rings. The third-order valence-corrected chi connectivity index (χ3v) is 4.93. The van der Waals surface area contributed by atoms with E-state index in [9.17, 15) is 19.2 Å².